The highest BCUT2D eigenvalue weighted by Crippen LogP contribution is 2.53. The van der Waals surface area contributed by atoms with Crippen LogP contribution in [-0.4, -0.2) is 121 Å². The molecule has 5 aromatic rings. The molecule has 2 aliphatic heterocycles. The first kappa shape index (κ1) is 75.4. The summed E-state index contributed by atoms with van der Waals surface area (Å²) in [5.41, 5.74) is -1.03. The molecule has 2 aromatic heterocycles. The number of aromatic nitrogens is 4. The van der Waals surface area contributed by atoms with Crippen molar-refractivity contribution in [2.75, 3.05) is 18.5 Å². The first-order valence-electron chi connectivity index (χ1n) is 31.8. The van der Waals surface area contributed by atoms with Gasteiger partial charge in [-0.15, -0.1) is 0 Å². The third-order valence-electron chi connectivity index (χ3n) is 19.9. The molecular formula is C66H104N5O14PSSi5. The lowest BCUT2D eigenvalue weighted by atomic mass is 10.1. The van der Waals surface area contributed by atoms with Gasteiger partial charge < -0.3 is 46.3 Å². The zero-order valence-electron chi connectivity index (χ0n) is 58.6. The molecule has 1 unspecified atom stereocenters. The number of anilines is 1. The molecule has 2 aliphatic rings. The third kappa shape index (κ3) is 16.9. The van der Waals surface area contributed by atoms with E-state index in [1.54, 1.807) is 12.1 Å². The van der Waals surface area contributed by atoms with Gasteiger partial charge in [-0.2, -0.15) is 4.98 Å². The van der Waals surface area contributed by atoms with Crippen LogP contribution < -0.4 is 32.6 Å². The largest absolute Gasteiger partial charge is 0.414 e. The highest BCUT2D eigenvalue weighted by Gasteiger charge is 2.58. The molecule has 2 saturated heterocycles. The van der Waals surface area contributed by atoms with E-state index < -0.39 is 120 Å². The summed E-state index contributed by atoms with van der Waals surface area (Å²) in [5.74, 6) is -0.490. The first-order valence-corrected chi connectivity index (χ1v) is 48.0. The van der Waals surface area contributed by atoms with Gasteiger partial charge in [0.15, 0.2) is 45.7 Å². The lowest BCUT2D eigenvalue weighted by Crippen LogP contribution is -2.66. The Morgan fingerprint density at radius 1 is 0.576 bits per heavy atom. The van der Waals surface area contributed by atoms with Crippen LogP contribution in [0.1, 0.15) is 132 Å². The molecule has 0 aliphatic carbocycles. The fourth-order valence-corrected chi connectivity index (χ4v) is 21.2. The Labute approximate surface area is 555 Å². The minimum atomic E-state index is -4.40. The van der Waals surface area contributed by atoms with Crippen molar-refractivity contribution in [2.45, 2.75) is 237 Å². The number of H-pyrrole nitrogens is 1. The average Bonchev–Trinajstić information content (AvgIpc) is 1.20. The van der Waals surface area contributed by atoms with Crippen LogP contribution >= 0.6 is 6.72 Å². The van der Waals surface area contributed by atoms with Crippen molar-refractivity contribution in [3.8, 4) is 0 Å². The average molecular weight is 1400 g/mol. The smallest absolute Gasteiger partial charge is 0.351 e. The summed E-state index contributed by atoms with van der Waals surface area (Å²) >= 11 is 6.02. The van der Waals surface area contributed by atoms with E-state index in [1.807, 2.05) is 48.5 Å². The molecule has 0 bridgehead atoms. The normalized spacial score (nSPS) is 22.3. The Balaban J connectivity index is 1.24. The van der Waals surface area contributed by atoms with Crippen molar-refractivity contribution in [2.24, 2.45) is 0 Å². The zero-order chi connectivity index (χ0) is 68.8. The predicted octanol–water partition coefficient (Wildman–Crippen LogP) is 12.7. The van der Waals surface area contributed by atoms with Crippen molar-refractivity contribution in [1.82, 2.24) is 19.1 Å². The maximum absolute atomic E-state index is 14.8. The summed E-state index contributed by atoms with van der Waals surface area (Å²) in [7, 11) is -13.7. The van der Waals surface area contributed by atoms with E-state index in [1.165, 1.54) is 33.7 Å². The molecule has 3 aromatic carbocycles. The molecule has 9 atom stereocenters. The molecule has 92 heavy (non-hydrogen) atoms. The van der Waals surface area contributed by atoms with Crippen LogP contribution in [0.3, 0.4) is 0 Å². The minimum absolute atomic E-state index is 0.00160. The molecule has 508 valence electrons. The molecule has 2 fully saturated rings. The van der Waals surface area contributed by atoms with Crippen LogP contribution in [0.2, 0.25) is 77.6 Å². The molecule has 26 heteroatoms. The number of hydrogen-bond donors (Lipinski definition) is 3. The number of rotatable bonds is 23. The highest BCUT2D eigenvalue weighted by molar-refractivity contribution is 8.07. The number of carbonyl (C=O) groups excluding carboxylic acids is 1. The van der Waals surface area contributed by atoms with Crippen LogP contribution in [0.25, 0.3) is 0 Å². The number of carbonyl (C=O) groups is 1. The molecule has 7 rings (SSSR count). The SMILES string of the molecule is CC(C)(C)[Si](C)(C)OC[C@H]1O[C@@H](n2ccc(NC(=O)c3ccccc3CO[Si](c3ccccc3)(c3ccccc3)C(C)(C)C)nc2=O)[C@H](O[Si](C)(C)C(C)(C)C)[C@@H]1OP(O)(=S)OC[C@H]1O[C@@H](n2ccc(=O)[nH]c2=O)[C@H](O[Si](C)(C)C(C)(C)C)[C@@H]1O[Si](C)(C)C(C)(C)C. The fourth-order valence-electron chi connectivity index (χ4n) is 10.4. The van der Waals surface area contributed by atoms with Crippen LogP contribution in [0.5, 0.6) is 0 Å². The summed E-state index contributed by atoms with van der Waals surface area (Å²) in [6.07, 6.45) is -5.48. The molecule has 3 N–H and O–H groups in total. The van der Waals surface area contributed by atoms with Gasteiger partial charge in [0.05, 0.1) is 19.8 Å². The van der Waals surface area contributed by atoms with Gasteiger partial charge in [0, 0.05) is 24.0 Å². The van der Waals surface area contributed by atoms with E-state index in [0.29, 0.717) is 11.1 Å². The van der Waals surface area contributed by atoms with Gasteiger partial charge in [-0.1, -0.05) is 183 Å². The summed E-state index contributed by atoms with van der Waals surface area (Å²) < 4.78 is 65.5. The molecular weight excluding hydrogens is 1290 g/mol. The van der Waals surface area contributed by atoms with Crippen molar-refractivity contribution in [1.29, 1.82) is 0 Å². The second-order valence-electron chi connectivity index (χ2n) is 31.6. The molecule has 19 nitrogen and oxygen atoms in total. The molecule has 0 spiro atoms. The Morgan fingerprint density at radius 2 is 1.02 bits per heavy atom. The van der Waals surface area contributed by atoms with E-state index in [0.717, 1.165) is 10.4 Å². The van der Waals surface area contributed by atoms with E-state index in [9.17, 15) is 24.1 Å². The van der Waals surface area contributed by atoms with Gasteiger partial charge in [0.2, 0.25) is 0 Å². The fraction of sp³-hybridized carbons (Fsp3) is 0.591. The summed E-state index contributed by atoms with van der Waals surface area (Å²) in [6, 6.07) is 30.6. The van der Waals surface area contributed by atoms with Crippen LogP contribution in [0.4, 0.5) is 5.82 Å². The second-order valence-corrected chi connectivity index (χ2v) is 57.8. The summed E-state index contributed by atoms with van der Waals surface area (Å²) in [4.78, 5) is 74.8. The number of nitrogens with zero attached hydrogens (tertiary/aromatic N) is 3. The van der Waals surface area contributed by atoms with Gasteiger partial charge in [0.1, 0.15) is 42.4 Å². The lowest BCUT2D eigenvalue weighted by Gasteiger charge is -2.44. The highest BCUT2D eigenvalue weighted by atomic mass is 32.5. The van der Waals surface area contributed by atoms with E-state index in [4.69, 9.17) is 52.5 Å². The maximum Gasteiger partial charge on any atom is 0.351 e. The Kier molecular flexibility index (Phi) is 22.8. The van der Waals surface area contributed by atoms with Gasteiger partial charge in [-0.05, 0) is 117 Å². The van der Waals surface area contributed by atoms with E-state index in [-0.39, 0.29) is 50.8 Å². The Bertz CT molecular complexity index is 3560. The number of aromatic amines is 1. The second kappa shape index (κ2) is 27.9. The Hall–Kier alpha value is -3.98. The standard InChI is InChI=1S/C66H104N5O14PSSi5/c1-62(2,3)88(16,17)78-44-50-53(82-86(76,87)77-43-49-54(83-89(18,19)63(4,5)6)56(85-91(22,23)65(10,11)12)59(80-49)71-41-39-52(72)69-61(71)75)55(84-90(20,21)64(7,8)9)58(81-50)70-40-38-51(68-60(70)74)67-57(73)48-37-31-30-32-45(48)42-79-92(66(13,14)15,46-33-26-24-27-34-46)47-35-28-25-29-36-47/h24-41,49-50,53-56,58-59H,42-44H2,1-23H3,(H,76,87)(H,69,72,75)(H,67,68,73,74)/t49-,50-,53-,54-,55-,56-,58-,59-,86?/m1/s1. The lowest BCUT2D eigenvalue weighted by molar-refractivity contribution is -0.0560. The maximum atomic E-state index is 14.8. The number of amides is 1. The van der Waals surface area contributed by atoms with E-state index >= 15 is 0 Å². The predicted molar refractivity (Wildman–Crippen MR) is 381 cm³/mol. The quantitative estimate of drug-likeness (QED) is 0.0409. The minimum Gasteiger partial charge on any atom is -0.414 e. The van der Waals surface area contributed by atoms with E-state index in [2.05, 4.69) is 196 Å². The third-order valence-corrected chi connectivity index (χ3v) is 44.4. The first-order chi connectivity index (χ1) is 42.1. The molecule has 0 radical (unpaired) electrons. The van der Waals surface area contributed by atoms with Crippen molar-refractivity contribution in [3.63, 3.8) is 0 Å². The van der Waals surface area contributed by atoms with Gasteiger partial charge in [-0.3, -0.25) is 28.2 Å². The molecule has 1 amide bonds. The number of nitrogens with one attached hydrogen (secondary N) is 2. The summed E-state index contributed by atoms with van der Waals surface area (Å²) in [5, 5.41) is 3.62. The van der Waals surface area contributed by atoms with Gasteiger partial charge >= 0.3 is 18.1 Å². The number of ether oxygens (including phenoxy) is 2. The van der Waals surface area contributed by atoms with Crippen molar-refractivity contribution >= 4 is 82.2 Å². The number of hydrogen-bond acceptors (Lipinski definition) is 15. The van der Waals surface area contributed by atoms with Crippen molar-refractivity contribution < 1.29 is 50.3 Å². The topological polar surface area (TPSA) is 222 Å². The van der Waals surface area contributed by atoms with Gasteiger partial charge in [-0.25, -0.2) is 9.59 Å². The van der Waals surface area contributed by atoms with Gasteiger partial charge in [0.25, 0.3) is 19.8 Å². The summed E-state index contributed by atoms with van der Waals surface area (Å²) in [6.45, 7) is 44.0. The van der Waals surface area contributed by atoms with Crippen molar-refractivity contribution in [3.05, 3.63) is 152 Å². The molecule has 4 heterocycles. The molecule has 0 saturated carbocycles. The monoisotopic (exact) mass is 1390 g/mol. The van der Waals surface area contributed by atoms with Crippen LogP contribution in [0.15, 0.2) is 124 Å². The Morgan fingerprint density at radius 3 is 1.50 bits per heavy atom. The zero-order valence-corrected chi connectivity index (χ0v) is 65.3. The number of benzene rings is 3. The van der Waals surface area contributed by atoms with Crippen LogP contribution in [0, 0.1) is 0 Å². The van der Waals surface area contributed by atoms with Crippen LogP contribution in [-0.2, 0) is 59.1 Å².